The first-order valence-electron chi connectivity index (χ1n) is 9.27. The van der Waals surface area contributed by atoms with Crippen LogP contribution in [0.25, 0.3) is 0 Å². The molecule has 2 N–H and O–H groups in total. The van der Waals surface area contributed by atoms with Gasteiger partial charge in [-0.1, -0.05) is 6.07 Å². The number of methoxy groups -OCH3 is 1. The lowest BCUT2D eigenvalue weighted by atomic mass is 10.3. The van der Waals surface area contributed by atoms with E-state index in [4.69, 9.17) is 9.47 Å². The zero-order valence-corrected chi connectivity index (χ0v) is 17.6. The van der Waals surface area contributed by atoms with E-state index in [0.29, 0.717) is 22.9 Å². The zero-order valence-electron chi connectivity index (χ0n) is 16.8. The highest BCUT2D eigenvalue weighted by Crippen LogP contribution is 2.22. The minimum atomic E-state index is -3.82. The minimum Gasteiger partial charge on any atom is -0.497 e. The number of carbonyl (C=O) groups is 1. The molecular formula is C22H21FN2O5S. The summed E-state index contributed by atoms with van der Waals surface area (Å²) in [7, 11) is -2.33. The Bertz CT molecular complexity index is 1150. The Morgan fingerprint density at radius 1 is 0.935 bits per heavy atom. The third-order valence-corrected chi connectivity index (χ3v) is 5.65. The fourth-order valence-electron chi connectivity index (χ4n) is 2.63. The van der Waals surface area contributed by atoms with Crippen LogP contribution in [0.3, 0.4) is 0 Å². The van der Waals surface area contributed by atoms with Crippen molar-refractivity contribution in [2.75, 3.05) is 17.1 Å². The van der Waals surface area contributed by atoms with Crippen LogP contribution in [0.2, 0.25) is 0 Å². The van der Waals surface area contributed by atoms with E-state index < -0.39 is 27.9 Å². The van der Waals surface area contributed by atoms with Crippen LogP contribution in [0.15, 0.2) is 77.7 Å². The van der Waals surface area contributed by atoms with E-state index in [0.717, 1.165) is 0 Å². The number of halogens is 1. The van der Waals surface area contributed by atoms with Gasteiger partial charge in [0.15, 0.2) is 6.10 Å². The van der Waals surface area contributed by atoms with Gasteiger partial charge in [0.1, 0.15) is 17.3 Å². The van der Waals surface area contributed by atoms with Gasteiger partial charge < -0.3 is 14.8 Å². The highest BCUT2D eigenvalue weighted by atomic mass is 32.2. The van der Waals surface area contributed by atoms with Crippen molar-refractivity contribution >= 4 is 27.3 Å². The summed E-state index contributed by atoms with van der Waals surface area (Å²) in [6.45, 7) is 1.55. The second-order valence-corrected chi connectivity index (χ2v) is 8.25. The molecule has 0 radical (unpaired) electrons. The Hall–Kier alpha value is -3.59. The Labute approximate surface area is 179 Å². The van der Waals surface area contributed by atoms with Crippen molar-refractivity contribution < 1.29 is 27.1 Å². The van der Waals surface area contributed by atoms with Crippen LogP contribution in [-0.4, -0.2) is 27.5 Å². The second-order valence-electron chi connectivity index (χ2n) is 6.57. The molecule has 3 aromatic carbocycles. The van der Waals surface area contributed by atoms with Gasteiger partial charge in [-0.3, -0.25) is 9.52 Å². The molecule has 0 bridgehead atoms. The van der Waals surface area contributed by atoms with Gasteiger partial charge in [0.05, 0.1) is 17.7 Å². The maximum absolute atomic E-state index is 13.0. The lowest BCUT2D eigenvalue weighted by Crippen LogP contribution is -2.30. The Kier molecular flexibility index (Phi) is 6.76. The number of hydrogen-bond donors (Lipinski definition) is 2. The molecule has 9 heteroatoms. The first-order chi connectivity index (χ1) is 14.8. The molecule has 0 saturated carbocycles. The van der Waals surface area contributed by atoms with Crippen LogP contribution in [0.5, 0.6) is 11.5 Å². The second kappa shape index (κ2) is 9.48. The van der Waals surface area contributed by atoms with Crippen LogP contribution in [0.4, 0.5) is 15.8 Å². The van der Waals surface area contributed by atoms with Crippen molar-refractivity contribution in [3.8, 4) is 11.5 Å². The van der Waals surface area contributed by atoms with Crippen LogP contribution in [-0.2, 0) is 14.8 Å². The highest BCUT2D eigenvalue weighted by Gasteiger charge is 2.17. The quantitative estimate of drug-likeness (QED) is 0.547. The van der Waals surface area contributed by atoms with E-state index in [1.807, 2.05) is 0 Å². The van der Waals surface area contributed by atoms with Gasteiger partial charge in [-0.25, -0.2) is 12.8 Å². The van der Waals surface area contributed by atoms with Gasteiger partial charge >= 0.3 is 0 Å². The molecule has 0 spiro atoms. The van der Waals surface area contributed by atoms with Crippen LogP contribution in [0.1, 0.15) is 6.92 Å². The molecule has 0 heterocycles. The summed E-state index contributed by atoms with van der Waals surface area (Å²) in [5.74, 6) is 0.0409. The van der Waals surface area contributed by atoms with Gasteiger partial charge in [0, 0.05) is 11.8 Å². The smallest absolute Gasteiger partial charge is 0.265 e. The highest BCUT2D eigenvalue weighted by molar-refractivity contribution is 7.92. The number of amides is 1. The predicted molar refractivity (Wildman–Crippen MR) is 115 cm³/mol. The zero-order chi connectivity index (χ0) is 22.4. The molecule has 0 saturated heterocycles. The summed E-state index contributed by atoms with van der Waals surface area (Å²) in [5, 5.41) is 2.65. The molecular weight excluding hydrogens is 423 g/mol. The molecule has 0 aliphatic rings. The fraction of sp³-hybridized carbons (Fsp3) is 0.136. The molecule has 162 valence electrons. The van der Waals surface area contributed by atoms with E-state index in [1.54, 1.807) is 31.2 Å². The SMILES string of the molecule is COc1cccc(NS(=O)(=O)c2ccc(NC(=O)[C@H](C)Oc3ccc(F)cc3)cc2)c1. The third-order valence-electron chi connectivity index (χ3n) is 4.25. The molecule has 0 fully saturated rings. The van der Waals surface area contributed by atoms with Crippen molar-refractivity contribution in [2.45, 2.75) is 17.9 Å². The largest absolute Gasteiger partial charge is 0.497 e. The number of sulfonamides is 1. The molecule has 31 heavy (non-hydrogen) atoms. The Balaban J connectivity index is 1.63. The summed E-state index contributed by atoms with van der Waals surface area (Å²) < 4.78 is 51.2. The van der Waals surface area contributed by atoms with Crippen molar-refractivity contribution in [2.24, 2.45) is 0 Å². The van der Waals surface area contributed by atoms with Crippen LogP contribution in [0, 0.1) is 5.82 Å². The van der Waals surface area contributed by atoms with Crippen molar-refractivity contribution in [1.29, 1.82) is 0 Å². The predicted octanol–water partition coefficient (Wildman–Crippen LogP) is 4.04. The van der Waals surface area contributed by atoms with Gasteiger partial charge in [0.25, 0.3) is 15.9 Å². The van der Waals surface area contributed by atoms with Crippen LogP contribution < -0.4 is 19.5 Å². The first kappa shape index (κ1) is 22.1. The normalized spacial score (nSPS) is 12.0. The number of benzene rings is 3. The monoisotopic (exact) mass is 444 g/mol. The summed E-state index contributed by atoms with van der Waals surface area (Å²) in [4.78, 5) is 12.3. The number of nitrogens with one attached hydrogen (secondary N) is 2. The van der Waals surface area contributed by atoms with E-state index in [-0.39, 0.29) is 4.90 Å². The molecule has 0 aliphatic heterocycles. The lowest BCUT2D eigenvalue weighted by molar-refractivity contribution is -0.122. The summed E-state index contributed by atoms with van der Waals surface area (Å²) in [5.41, 5.74) is 0.767. The molecule has 0 aromatic heterocycles. The maximum Gasteiger partial charge on any atom is 0.265 e. The number of ether oxygens (including phenoxy) is 2. The number of hydrogen-bond acceptors (Lipinski definition) is 5. The van der Waals surface area contributed by atoms with E-state index >= 15 is 0 Å². The minimum absolute atomic E-state index is 0.0314. The average molecular weight is 444 g/mol. The lowest BCUT2D eigenvalue weighted by Gasteiger charge is -2.15. The molecule has 0 aliphatic carbocycles. The topological polar surface area (TPSA) is 93.7 Å². The standard InChI is InChI=1S/C22H21FN2O5S/c1-15(30-19-10-6-16(23)7-11-19)22(26)24-17-8-12-21(13-9-17)31(27,28)25-18-4-3-5-20(14-18)29-2/h3-15,25H,1-2H3,(H,24,26)/t15-/m0/s1. The van der Waals surface area contributed by atoms with Crippen molar-refractivity contribution in [3.63, 3.8) is 0 Å². The number of anilines is 2. The Morgan fingerprint density at radius 2 is 1.61 bits per heavy atom. The third kappa shape index (κ3) is 5.95. The molecule has 1 amide bonds. The number of rotatable bonds is 8. The molecule has 7 nitrogen and oxygen atoms in total. The summed E-state index contributed by atoms with van der Waals surface area (Å²) >= 11 is 0. The van der Waals surface area contributed by atoms with Gasteiger partial charge in [-0.15, -0.1) is 0 Å². The molecule has 0 unspecified atom stereocenters. The maximum atomic E-state index is 13.0. The van der Waals surface area contributed by atoms with Crippen molar-refractivity contribution in [1.82, 2.24) is 0 Å². The van der Waals surface area contributed by atoms with Gasteiger partial charge in [0.2, 0.25) is 0 Å². The van der Waals surface area contributed by atoms with E-state index in [1.165, 1.54) is 55.6 Å². The van der Waals surface area contributed by atoms with E-state index in [2.05, 4.69) is 10.0 Å². The first-order valence-corrected chi connectivity index (χ1v) is 10.8. The summed E-state index contributed by atoms with van der Waals surface area (Å²) in [6, 6.07) is 17.6. The average Bonchev–Trinajstić information content (AvgIpc) is 2.75. The van der Waals surface area contributed by atoms with Gasteiger partial charge in [-0.2, -0.15) is 0 Å². The number of carbonyl (C=O) groups excluding carboxylic acids is 1. The Morgan fingerprint density at radius 3 is 2.26 bits per heavy atom. The molecule has 1 atom stereocenters. The van der Waals surface area contributed by atoms with Crippen molar-refractivity contribution in [3.05, 3.63) is 78.6 Å². The fourth-order valence-corrected chi connectivity index (χ4v) is 3.68. The molecule has 3 rings (SSSR count). The summed E-state index contributed by atoms with van der Waals surface area (Å²) in [6.07, 6.45) is -0.844. The van der Waals surface area contributed by atoms with E-state index in [9.17, 15) is 17.6 Å². The van der Waals surface area contributed by atoms with Gasteiger partial charge in [-0.05, 0) is 67.6 Å². The van der Waals surface area contributed by atoms with Crippen LogP contribution >= 0.6 is 0 Å². The molecule has 3 aromatic rings.